The molecule has 0 saturated carbocycles. The molecule has 0 aliphatic heterocycles. The van der Waals surface area contributed by atoms with Crippen LogP contribution in [0.2, 0.25) is 0 Å². The Balaban J connectivity index is 2.25. The lowest BCUT2D eigenvalue weighted by Crippen LogP contribution is -2.28. The van der Waals surface area contributed by atoms with Crippen LogP contribution in [-0.4, -0.2) is 28.6 Å². The molecule has 0 saturated heterocycles. The van der Waals surface area contributed by atoms with Crippen LogP contribution in [0.5, 0.6) is 0 Å². The number of methoxy groups -OCH3 is 1. The first-order valence-electron chi connectivity index (χ1n) is 6.84. The zero-order valence-corrected chi connectivity index (χ0v) is 13.6. The molecule has 0 amide bonds. The summed E-state index contributed by atoms with van der Waals surface area (Å²) in [6.07, 6.45) is 1.81. The molecule has 2 aromatic heterocycles. The molecule has 0 aliphatic rings. The van der Waals surface area contributed by atoms with Crippen LogP contribution >= 0.6 is 11.3 Å². The molecule has 0 spiro atoms. The third-order valence-corrected chi connectivity index (χ3v) is 3.91. The number of hydrogen-bond acceptors (Lipinski definition) is 7. The second kappa shape index (κ2) is 6.82. The number of rotatable bonds is 7. The van der Waals surface area contributed by atoms with Crippen LogP contribution in [0.1, 0.15) is 31.6 Å². The fourth-order valence-corrected chi connectivity index (χ4v) is 2.65. The maximum atomic E-state index is 5.13. The van der Waals surface area contributed by atoms with Gasteiger partial charge in [0.25, 0.3) is 0 Å². The topological polar surface area (TPSA) is 72.0 Å². The molecule has 2 heterocycles. The van der Waals surface area contributed by atoms with Crippen molar-refractivity contribution in [3.8, 4) is 0 Å². The highest BCUT2D eigenvalue weighted by Gasteiger charge is 2.24. The molecule has 6 nitrogen and oxygen atoms in total. The van der Waals surface area contributed by atoms with Crippen molar-refractivity contribution in [1.82, 2.24) is 15.0 Å². The van der Waals surface area contributed by atoms with E-state index in [2.05, 4.69) is 39.4 Å². The normalized spacial score (nSPS) is 11.4. The Kier molecular flexibility index (Phi) is 5.08. The Morgan fingerprint density at radius 3 is 2.67 bits per heavy atom. The zero-order chi connectivity index (χ0) is 15.3. The Bertz CT molecular complexity index is 546. The van der Waals surface area contributed by atoms with E-state index in [1.807, 2.05) is 24.6 Å². The molecule has 0 bridgehead atoms. The van der Waals surface area contributed by atoms with Gasteiger partial charge in [0, 0.05) is 31.3 Å². The van der Waals surface area contributed by atoms with Crippen LogP contribution < -0.4 is 10.6 Å². The van der Waals surface area contributed by atoms with Gasteiger partial charge in [0.05, 0.1) is 5.54 Å². The number of thiazole rings is 1. The SMILES string of the molecule is CCNc1cc(NC(C)(C)c2nccs2)nc(COC)n1. The highest BCUT2D eigenvalue weighted by atomic mass is 32.1. The van der Waals surface area contributed by atoms with Gasteiger partial charge in [-0.3, -0.25) is 0 Å². The van der Waals surface area contributed by atoms with E-state index >= 15 is 0 Å². The average molecular weight is 307 g/mol. The van der Waals surface area contributed by atoms with Crippen molar-refractivity contribution in [2.75, 3.05) is 24.3 Å². The Labute approximate surface area is 129 Å². The fourth-order valence-electron chi connectivity index (χ4n) is 1.93. The van der Waals surface area contributed by atoms with Crippen LogP contribution in [0.3, 0.4) is 0 Å². The summed E-state index contributed by atoms with van der Waals surface area (Å²) in [5, 5.41) is 9.61. The van der Waals surface area contributed by atoms with E-state index in [1.54, 1.807) is 18.4 Å². The number of aromatic nitrogens is 3. The minimum Gasteiger partial charge on any atom is -0.377 e. The monoisotopic (exact) mass is 307 g/mol. The third-order valence-electron chi connectivity index (χ3n) is 2.81. The summed E-state index contributed by atoms with van der Waals surface area (Å²) in [6, 6.07) is 1.90. The number of ether oxygens (including phenoxy) is 1. The van der Waals surface area contributed by atoms with E-state index in [0.29, 0.717) is 12.4 Å². The highest BCUT2D eigenvalue weighted by molar-refractivity contribution is 7.09. The molecule has 0 fully saturated rings. The number of anilines is 2. The lowest BCUT2D eigenvalue weighted by Gasteiger charge is -2.25. The number of hydrogen-bond donors (Lipinski definition) is 2. The average Bonchev–Trinajstić information content (AvgIpc) is 2.93. The minimum atomic E-state index is -0.295. The number of nitrogens with one attached hydrogen (secondary N) is 2. The van der Waals surface area contributed by atoms with Gasteiger partial charge in [0.2, 0.25) is 0 Å². The molecule has 0 atom stereocenters. The van der Waals surface area contributed by atoms with Crippen LogP contribution in [0.15, 0.2) is 17.6 Å². The summed E-state index contributed by atoms with van der Waals surface area (Å²) in [5.74, 6) is 2.19. The van der Waals surface area contributed by atoms with E-state index in [0.717, 1.165) is 23.2 Å². The molecule has 2 N–H and O–H groups in total. The summed E-state index contributed by atoms with van der Waals surface area (Å²) in [4.78, 5) is 13.3. The lowest BCUT2D eigenvalue weighted by atomic mass is 10.1. The first-order valence-corrected chi connectivity index (χ1v) is 7.72. The van der Waals surface area contributed by atoms with Gasteiger partial charge in [-0.2, -0.15) is 0 Å². The fraction of sp³-hybridized carbons (Fsp3) is 0.500. The van der Waals surface area contributed by atoms with E-state index in [1.165, 1.54) is 0 Å². The molecule has 0 aromatic carbocycles. The van der Waals surface area contributed by atoms with Gasteiger partial charge in [0.15, 0.2) is 5.82 Å². The molecular formula is C14H21N5OS. The maximum absolute atomic E-state index is 5.13. The van der Waals surface area contributed by atoms with Crippen molar-refractivity contribution in [2.24, 2.45) is 0 Å². The van der Waals surface area contributed by atoms with Gasteiger partial charge >= 0.3 is 0 Å². The van der Waals surface area contributed by atoms with Gasteiger partial charge in [-0.05, 0) is 20.8 Å². The van der Waals surface area contributed by atoms with Crippen molar-refractivity contribution in [2.45, 2.75) is 32.9 Å². The Hall–Kier alpha value is -1.73. The minimum absolute atomic E-state index is 0.295. The largest absolute Gasteiger partial charge is 0.377 e. The Morgan fingerprint density at radius 2 is 2.05 bits per heavy atom. The second-order valence-corrected chi connectivity index (χ2v) is 6.00. The molecule has 0 aliphatic carbocycles. The van der Waals surface area contributed by atoms with E-state index < -0.39 is 0 Å². The zero-order valence-electron chi connectivity index (χ0n) is 12.8. The molecule has 114 valence electrons. The van der Waals surface area contributed by atoms with Gasteiger partial charge in [-0.1, -0.05) is 0 Å². The molecule has 0 radical (unpaired) electrons. The quantitative estimate of drug-likeness (QED) is 0.819. The number of nitrogens with zero attached hydrogens (tertiary/aromatic N) is 3. The molecule has 2 aromatic rings. The van der Waals surface area contributed by atoms with Gasteiger partial charge in [-0.15, -0.1) is 11.3 Å². The third kappa shape index (κ3) is 4.12. The van der Waals surface area contributed by atoms with Crippen LogP contribution in [0, 0.1) is 0 Å². The molecule has 21 heavy (non-hydrogen) atoms. The van der Waals surface area contributed by atoms with Gasteiger partial charge in [-0.25, -0.2) is 15.0 Å². The summed E-state index contributed by atoms with van der Waals surface area (Å²) >= 11 is 1.62. The molecular weight excluding hydrogens is 286 g/mol. The van der Waals surface area contributed by atoms with Crippen molar-refractivity contribution in [3.63, 3.8) is 0 Å². The Morgan fingerprint density at radius 1 is 1.29 bits per heavy atom. The summed E-state index contributed by atoms with van der Waals surface area (Å²) < 4.78 is 5.13. The molecule has 0 unspecified atom stereocenters. The van der Waals surface area contributed by atoms with Crippen LogP contribution in [0.4, 0.5) is 11.6 Å². The van der Waals surface area contributed by atoms with Crippen molar-refractivity contribution in [3.05, 3.63) is 28.5 Å². The van der Waals surface area contributed by atoms with Gasteiger partial charge in [0.1, 0.15) is 23.3 Å². The van der Waals surface area contributed by atoms with Crippen molar-refractivity contribution in [1.29, 1.82) is 0 Å². The lowest BCUT2D eigenvalue weighted by molar-refractivity contribution is 0.178. The summed E-state index contributed by atoms with van der Waals surface area (Å²) in [5.41, 5.74) is -0.295. The van der Waals surface area contributed by atoms with E-state index in [-0.39, 0.29) is 5.54 Å². The van der Waals surface area contributed by atoms with Gasteiger partial charge < -0.3 is 15.4 Å². The highest BCUT2D eigenvalue weighted by Crippen LogP contribution is 2.27. The first-order chi connectivity index (χ1) is 10.0. The van der Waals surface area contributed by atoms with Crippen LogP contribution in [-0.2, 0) is 16.9 Å². The second-order valence-electron chi connectivity index (χ2n) is 5.11. The predicted molar refractivity (Wildman–Crippen MR) is 85.7 cm³/mol. The maximum Gasteiger partial charge on any atom is 0.158 e. The molecule has 2 rings (SSSR count). The summed E-state index contributed by atoms with van der Waals surface area (Å²) in [6.45, 7) is 7.38. The standard InChI is InChI=1S/C14H21N5OS/c1-5-15-10-8-11(18-12(17-10)9-20-4)19-14(2,3)13-16-6-7-21-13/h6-8H,5,9H2,1-4H3,(H2,15,17,18,19). The predicted octanol–water partition coefficient (Wildman–Crippen LogP) is 2.86. The smallest absolute Gasteiger partial charge is 0.158 e. The summed E-state index contributed by atoms with van der Waals surface area (Å²) in [7, 11) is 1.63. The van der Waals surface area contributed by atoms with Crippen LogP contribution in [0.25, 0.3) is 0 Å². The molecule has 7 heteroatoms. The van der Waals surface area contributed by atoms with E-state index in [9.17, 15) is 0 Å². The van der Waals surface area contributed by atoms with E-state index in [4.69, 9.17) is 4.74 Å². The van der Waals surface area contributed by atoms with Crippen molar-refractivity contribution >= 4 is 23.0 Å². The first kappa shape index (κ1) is 15.7. The van der Waals surface area contributed by atoms with Crippen molar-refractivity contribution < 1.29 is 4.74 Å².